The summed E-state index contributed by atoms with van der Waals surface area (Å²) in [6, 6.07) is 14.7. The van der Waals surface area contributed by atoms with E-state index in [1.165, 1.54) is 9.87 Å². The highest BCUT2D eigenvalue weighted by Gasteiger charge is 2.32. The van der Waals surface area contributed by atoms with E-state index in [1.54, 1.807) is 24.3 Å². The molecular weight excluding hydrogens is 472 g/mol. The van der Waals surface area contributed by atoms with Crippen molar-refractivity contribution in [3.63, 3.8) is 0 Å². The molecule has 2 aliphatic heterocycles. The van der Waals surface area contributed by atoms with Crippen LogP contribution in [0.5, 0.6) is 0 Å². The Hall–Kier alpha value is -2.52. The van der Waals surface area contributed by atoms with Crippen LogP contribution in [0.15, 0.2) is 53.4 Å². The fourth-order valence-corrected chi connectivity index (χ4v) is 6.04. The fraction of sp³-hybridized carbons (Fsp3) is 0.360. The van der Waals surface area contributed by atoms with E-state index in [4.69, 9.17) is 26.3 Å². The molecule has 1 fully saturated rings. The minimum absolute atomic E-state index is 0.241. The van der Waals surface area contributed by atoms with E-state index in [9.17, 15) is 8.42 Å². The molecule has 0 saturated carbocycles. The third-order valence-electron chi connectivity index (χ3n) is 6.26. The monoisotopic (exact) mass is 498 g/mol. The van der Waals surface area contributed by atoms with Gasteiger partial charge in [-0.15, -0.1) is 0 Å². The number of rotatable bonds is 5. The summed E-state index contributed by atoms with van der Waals surface area (Å²) >= 11 is 5.96. The van der Waals surface area contributed by atoms with Crippen LogP contribution in [0, 0.1) is 6.92 Å². The van der Waals surface area contributed by atoms with Crippen LogP contribution in [0.3, 0.4) is 0 Å². The molecule has 0 radical (unpaired) electrons. The van der Waals surface area contributed by atoms with Gasteiger partial charge in [0.25, 0.3) is 0 Å². The largest absolute Gasteiger partial charge is 0.378 e. The first-order valence-corrected chi connectivity index (χ1v) is 13.2. The van der Waals surface area contributed by atoms with Crippen molar-refractivity contribution in [1.29, 1.82) is 0 Å². The predicted molar refractivity (Wildman–Crippen MR) is 132 cm³/mol. The van der Waals surface area contributed by atoms with E-state index in [1.807, 2.05) is 6.07 Å². The summed E-state index contributed by atoms with van der Waals surface area (Å²) in [6.45, 7) is 5.39. The van der Waals surface area contributed by atoms with Crippen molar-refractivity contribution in [3.05, 3.63) is 81.8 Å². The zero-order chi connectivity index (χ0) is 23.7. The van der Waals surface area contributed by atoms with E-state index in [0.717, 1.165) is 41.6 Å². The number of nitrogens with zero attached hydrogens (tertiary/aromatic N) is 4. The van der Waals surface area contributed by atoms with Gasteiger partial charge < -0.3 is 9.64 Å². The van der Waals surface area contributed by atoms with Crippen LogP contribution in [-0.4, -0.2) is 55.5 Å². The molecule has 1 saturated heterocycles. The fourth-order valence-electron chi connectivity index (χ4n) is 4.50. The van der Waals surface area contributed by atoms with Crippen molar-refractivity contribution >= 4 is 27.4 Å². The van der Waals surface area contributed by atoms with Gasteiger partial charge in [-0.2, -0.15) is 4.31 Å². The molecule has 0 spiro atoms. The topological polar surface area (TPSA) is 75.6 Å². The summed E-state index contributed by atoms with van der Waals surface area (Å²) in [4.78, 5) is 12.3. The van der Waals surface area contributed by atoms with Crippen LogP contribution in [0.4, 0.5) is 5.82 Å². The Morgan fingerprint density at radius 1 is 1.03 bits per heavy atom. The maximum atomic E-state index is 13.3. The number of fused-ring (bicyclic) bond motifs is 1. The summed E-state index contributed by atoms with van der Waals surface area (Å²) in [5.74, 6) is 1.59. The highest BCUT2D eigenvalue weighted by molar-refractivity contribution is 7.89. The summed E-state index contributed by atoms with van der Waals surface area (Å²) in [6.07, 6.45) is 1.18. The lowest BCUT2D eigenvalue weighted by Crippen LogP contribution is -2.41. The molecule has 0 bridgehead atoms. The highest BCUT2D eigenvalue weighted by atomic mass is 35.5. The van der Waals surface area contributed by atoms with Crippen molar-refractivity contribution in [3.8, 4) is 0 Å². The molecule has 3 aromatic rings. The number of morpholine rings is 1. The SMILES string of the molecule is Cc1cccc(Cc2nc3c(c(N4CCOCC4)n2)CN(S(=O)(=O)c2ccc(Cl)cc2)CC3)c1. The molecule has 7 nitrogen and oxygen atoms in total. The number of aryl methyl sites for hydroxylation is 1. The Balaban J connectivity index is 1.50. The van der Waals surface area contributed by atoms with Crippen LogP contribution in [0.2, 0.25) is 5.02 Å². The number of benzene rings is 2. The Bertz CT molecular complexity index is 1290. The second-order valence-electron chi connectivity index (χ2n) is 8.70. The minimum Gasteiger partial charge on any atom is -0.378 e. The van der Waals surface area contributed by atoms with Gasteiger partial charge in [0.05, 0.1) is 23.8 Å². The van der Waals surface area contributed by atoms with Gasteiger partial charge in [-0.05, 0) is 36.8 Å². The van der Waals surface area contributed by atoms with Crippen molar-refractivity contribution in [2.75, 3.05) is 37.7 Å². The first-order valence-electron chi connectivity index (χ1n) is 11.4. The van der Waals surface area contributed by atoms with Gasteiger partial charge in [0, 0.05) is 49.6 Å². The molecular formula is C25H27ClN4O3S. The van der Waals surface area contributed by atoms with E-state index < -0.39 is 10.0 Å². The first kappa shape index (κ1) is 23.2. The van der Waals surface area contributed by atoms with Crippen molar-refractivity contribution in [2.45, 2.75) is 31.2 Å². The van der Waals surface area contributed by atoms with Gasteiger partial charge in [-0.3, -0.25) is 0 Å². The van der Waals surface area contributed by atoms with Crippen LogP contribution >= 0.6 is 11.6 Å². The quantitative estimate of drug-likeness (QED) is 0.535. The number of ether oxygens (including phenoxy) is 1. The van der Waals surface area contributed by atoms with Crippen molar-refractivity contribution < 1.29 is 13.2 Å². The zero-order valence-corrected chi connectivity index (χ0v) is 20.6. The van der Waals surface area contributed by atoms with Crippen molar-refractivity contribution in [2.24, 2.45) is 0 Å². The number of halogens is 1. The second kappa shape index (κ2) is 9.62. The number of hydrogen-bond donors (Lipinski definition) is 0. The summed E-state index contributed by atoms with van der Waals surface area (Å²) < 4.78 is 33.8. The predicted octanol–water partition coefficient (Wildman–Crippen LogP) is 3.61. The van der Waals surface area contributed by atoms with Gasteiger partial charge in [-0.1, -0.05) is 41.4 Å². The molecule has 3 heterocycles. The third kappa shape index (κ3) is 4.81. The lowest BCUT2D eigenvalue weighted by atomic mass is 10.1. The molecule has 1 aromatic heterocycles. The van der Waals surface area contributed by atoms with Gasteiger partial charge in [0.1, 0.15) is 11.6 Å². The molecule has 2 aliphatic rings. The molecule has 0 amide bonds. The number of hydrogen-bond acceptors (Lipinski definition) is 6. The third-order valence-corrected chi connectivity index (χ3v) is 8.37. The second-order valence-corrected chi connectivity index (χ2v) is 11.1. The van der Waals surface area contributed by atoms with E-state index >= 15 is 0 Å². The Kier molecular flexibility index (Phi) is 6.57. The molecule has 0 N–H and O–H groups in total. The Labute approximate surface area is 205 Å². The zero-order valence-electron chi connectivity index (χ0n) is 19.1. The maximum Gasteiger partial charge on any atom is 0.243 e. The summed E-state index contributed by atoms with van der Waals surface area (Å²) in [5, 5.41) is 0.507. The average molecular weight is 499 g/mol. The van der Waals surface area contributed by atoms with E-state index in [0.29, 0.717) is 37.6 Å². The number of anilines is 1. The van der Waals surface area contributed by atoms with Crippen molar-refractivity contribution in [1.82, 2.24) is 14.3 Å². The maximum absolute atomic E-state index is 13.3. The highest BCUT2D eigenvalue weighted by Crippen LogP contribution is 2.31. The number of aromatic nitrogens is 2. The van der Waals surface area contributed by atoms with Gasteiger partial charge in [0.15, 0.2) is 0 Å². The molecule has 0 unspecified atom stereocenters. The molecule has 178 valence electrons. The standard InChI is InChI=1S/C25H27ClN4O3S/c1-18-3-2-4-19(15-18)16-24-27-23-9-10-30(34(31,32)21-7-5-20(26)6-8-21)17-22(23)25(28-24)29-11-13-33-14-12-29/h2-8,15H,9-14,16-17H2,1H3. The van der Waals surface area contributed by atoms with Crippen LogP contribution in [-0.2, 0) is 34.1 Å². The van der Waals surface area contributed by atoms with E-state index in [-0.39, 0.29) is 11.4 Å². The molecule has 9 heteroatoms. The molecule has 0 aliphatic carbocycles. The lowest BCUT2D eigenvalue weighted by molar-refractivity contribution is 0.122. The Morgan fingerprint density at radius 3 is 2.53 bits per heavy atom. The molecule has 5 rings (SSSR count). The van der Waals surface area contributed by atoms with Crippen LogP contribution in [0.1, 0.15) is 28.2 Å². The molecule has 2 aromatic carbocycles. The van der Waals surface area contributed by atoms with E-state index in [2.05, 4.69) is 30.0 Å². The average Bonchev–Trinajstić information content (AvgIpc) is 2.84. The summed E-state index contributed by atoms with van der Waals surface area (Å²) in [7, 11) is -3.66. The Morgan fingerprint density at radius 2 is 1.79 bits per heavy atom. The van der Waals surface area contributed by atoms with Crippen LogP contribution < -0.4 is 4.90 Å². The van der Waals surface area contributed by atoms with Gasteiger partial charge >= 0.3 is 0 Å². The molecule has 0 atom stereocenters. The first-order chi connectivity index (χ1) is 16.4. The number of sulfonamides is 1. The smallest absolute Gasteiger partial charge is 0.243 e. The minimum atomic E-state index is -3.66. The lowest BCUT2D eigenvalue weighted by Gasteiger charge is -2.34. The van der Waals surface area contributed by atoms with Crippen LogP contribution in [0.25, 0.3) is 0 Å². The van der Waals surface area contributed by atoms with Gasteiger partial charge in [-0.25, -0.2) is 18.4 Å². The molecule has 34 heavy (non-hydrogen) atoms. The summed E-state index contributed by atoms with van der Waals surface area (Å²) in [5.41, 5.74) is 4.18. The normalized spacial score (nSPS) is 16.9. The van der Waals surface area contributed by atoms with Gasteiger partial charge in [0.2, 0.25) is 10.0 Å².